The van der Waals surface area contributed by atoms with Gasteiger partial charge in [-0.1, -0.05) is 12.1 Å². The van der Waals surface area contributed by atoms with E-state index < -0.39 is 23.4 Å². The number of hydrogen-bond acceptors (Lipinski definition) is 6. The predicted molar refractivity (Wildman–Crippen MR) is 112 cm³/mol. The Hall–Kier alpha value is -3.21. The molecule has 0 saturated carbocycles. The zero-order valence-corrected chi connectivity index (χ0v) is 18.1. The summed E-state index contributed by atoms with van der Waals surface area (Å²) in [5.41, 5.74) is -1.10. The van der Waals surface area contributed by atoms with Gasteiger partial charge in [-0.25, -0.2) is 18.8 Å². The van der Waals surface area contributed by atoms with Crippen molar-refractivity contribution >= 4 is 17.7 Å². The van der Waals surface area contributed by atoms with Crippen LogP contribution in [0.3, 0.4) is 0 Å². The van der Waals surface area contributed by atoms with Crippen LogP contribution in [0.15, 0.2) is 58.5 Å². The summed E-state index contributed by atoms with van der Waals surface area (Å²) in [5, 5.41) is 3.94. The second-order valence-corrected chi connectivity index (χ2v) is 7.61. The summed E-state index contributed by atoms with van der Waals surface area (Å²) < 4.78 is 52.0. The average Bonchev–Trinajstić information content (AvgIpc) is 3.11. The van der Waals surface area contributed by atoms with Gasteiger partial charge in [0.25, 0.3) is 0 Å². The third-order valence-corrected chi connectivity index (χ3v) is 5.31. The number of benzene rings is 2. The summed E-state index contributed by atoms with van der Waals surface area (Å²) in [5.74, 6) is 0.155. The quantitative estimate of drug-likeness (QED) is 0.368. The van der Waals surface area contributed by atoms with E-state index in [1.54, 1.807) is 26.0 Å². The lowest BCUT2D eigenvalue weighted by Crippen LogP contribution is -2.25. The molecule has 0 aliphatic carbocycles. The summed E-state index contributed by atoms with van der Waals surface area (Å²) in [4.78, 5) is 24.8. The Morgan fingerprint density at radius 1 is 1.19 bits per heavy atom. The minimum atomic E-state index is -4.60. The molecular formula is C21H20F3N3O4S. The van der Waals surface area contributed by atoms with Crippen molar-refractivity contribution in [3.63, 3.8) is 0 Å². The van der Waals surface area contributed by atoms with Crippen LogP contribution >= 0.6 is 11.8 Å². The van der Waals surface area contributed by atoms with Gasteiger partial charge in [0.05, 0.1) is 23.7 Å². The predicted octanol–water partition coefficient (Wildman–Crippen LogP) is 4.05. The molecule has 0 bridgehead atoms. The van der Waals surface area contributed by atoms with E-state index in [9.17, 15) is 22.8 Å². The fraction of sp³-hybridized carbons (Fsp3) is 0.286. The highest BCUT2D eigenvalue weighted by Crippen LogP contribution is 2.33. The first kappa shape index (κ1) is 23.5. The van der Waals surface area contributed by atoms with Crippen molar-refractivity contribution in [3.8, 4) is 11.4 Å². The van der Waals surface area contributed by atoms with Crippen LogP contribution in [0.2, 0.25) is 0 Å². The van der Waals surface area contributed by atoms with E-state index >= 15 is 0 Å². The van der Waals surface area contributed by atoms with E-state index in [0.717, 1.165) is 32.1 Å². The minimum Gasteiger partial charge on any atom is -0.482 e. The summed E-state index contributed by atoms with van der Waals surface area (Å²) in [7, 11) is 0. The van der Waals surface area contributed by atoms with Crippen molar-refractivity contribution in [2.45, 2.75) is 30.8 Å². The van der Waals surface area contributed by atoms with Gasteiger partial charge in [-0.05, 0) is 49.7 Å². The van der Waals surface area contributed by atoms with Crippen LogP contribution in [-0.4, -0.2) is 33.5 Å². The number of aromatic nitrogens is 3. The molecule has 0 aliphatic rings. The van der Waals surface area contributed by atoms with Crippen LogP contribution in [0, 0.1) is 6.92 Å². The lowest BCUT2D eigenvalue weighted by Gasteiger charge is -2.12. The van der Waals surface area contributed by atoms with Gasteiger partial charge in [0.2, 0.25) is 0 Å². The maximum absolute atomic E-state index is 13.3. The molecule has 11 heteroatoms. The topological polar surface area (TPSA) is 75.3 Å². The van der Waals surface area contributed by atoms with Crippen LogP contribution in [0.5, 0.6) is 5.75 Å². The molecule has 0 unspecified atom stereocenters. The van der Waals surface area contributed by atoms with Crippen molar-refractivity contribution in [1.82, 2.24) is 14.3 Å². The molecule has 0 aliphatic heterocycles. The van der Waals surface area contributed by atoms with E-state index in [-0.39, 0.29) is 24.8 Å². The Labute approximate surface area is 185 Å². The second-order valence-electron chi connectivity index (χ2n) is 6.59. The molecule has 3 aromatic rings. The summed E-state index contributed by atoms with van der Waals surface area (Å²) in [6.07, 6.45) is -3.52. The van der Waals surface area contributed by atoms with Crippen molar-refractivity contribution in [2.75, 3.05) is 13.2 Å². The number of carbonyl (C=O) groups is 1. The SMILES string of the molecule is CCOC(=O)COc1ccc(SCn2ncn(-c3ccccc3C(F)(F)F)c2=O)cc1C. The number of alkyl halides is 3. The van der Waals surface area contributed by atoms with E-state index in [1.807, 2.05) is 6.07 Å². The molecule has 0 saturated heterocycles. The van der Waals surface area contributed by atoms with Gasteiger partial charge in [-0.3, -0.25) is 0 Å². The number of ether oxygens (including phenoxy) is 2. The summed E-state index contributed by atoms with van der Waals surface area (Å²) in [6.45, 7) is 3.58. The number of rotatable bonds is 8. The number of nitrogens with zero attached hydrogens (tertiary/aromatic N) is 3. The lowest BCUT2D eigenvalue weighted by atomic mass is 10.1. The maximum Gasteiger partial charge on any atom is 0.418 e. The standard InChI is InChI=1S/C21H20F3N3O4S/c1-3-30-19(28)11-31-18-9-8-15(10-14(18)2)32-13-27-20(29)26(12-25-27)17-7-5-4-6-16(17)21(22,23)24/h4-10,12H,3,11,13H2,1-2H3. The van der Waals surface area contributed by atoms with E-state index in [1.165, 1.54) is 30.0 Å². The van der Waals surface area contributed by atoms with Crippen LogP contribution < -0.4 is 10.4 Å². The molecule has 7 nitrogen and oxygen atoms in total. The fourth-order valence-corrected chi connectivity index (χ4v) is 3.74. The molecule has 170 valence electrons. The van der Waals surface area contributed by atoms with Crippen LogP contribution in [-0.2, 0) is 21.6 Å². The molecule has 0 fully saturated rings. The van der Waals surface area contributed by atoms with Crippen molar-refractivity contribution < 1.29 is 27.4 Å². The number of esters is 1. The number of hydrogen-bond donors (Lipinski definition) is 0. The molecule has 2 aromatic carbocycles. The monoisotopic (exact) mass is 467 g/mol. The first-order valence-corrected chi connectivity index (χ1v) is 10.5. The molecule has 0 atom stereocenters. The summed E-state index contributed by atoms with van der Waals surface area (Å²) in [6, 6.07) is 10.1. The van der Waals surface area contributed by atoms with Gasteiger partial charge < -0.3 is 9.47 Å². The van der Waals surface area contributed by atoms with Crippen molar-refractivity contribution in [3.05, 3.63) is 70.4 Å². The Balaban J connectivity index is 1.71. The minimum absolute atomic E-state index is 0.0997. The Kier molecular flexibility index (Phi) is 7.29. The van der Waals surface area contributed by atoms with Crippen LogP contribution in [0.25, 0.3) is 5.69 Å². The first-order chi connectivity index (χ1) is 15.2. The number of aryl methyl sites for hydroxylation is 1. The lowest BCUT2D eigenvalue weighted by molar-refractivity contribution is -0.145. The zero-order chi connectivity index (χ0) is 23.3. The summed E-state index contributed by atoms with van der Waals surface area (Å²) >= 11 is 1.28. The fourth-order valence-electron chi connectivity index (χ4n) is 2.86. The largest absolute Gasteiger partial charge is 0.482 e. The highest BCUT2D eigenvalue weighted by molar-refractivity contribution is 7.98. The third kappa shape index (κ3) is 5.52. The van der Waals surface area contributed by atoms with E-state index in [4.69, 9.17) is 9.47 Å². The number of carbonyl (C=O) groups excluding carboxylic acids is 1. The Morgan fingerprint density at radius 3 is 2.62 bits per heavy atom. The molecule has 0 amide bonds. The molecule has 3 rings (SSSR count). The van der Waals surface area contributed by atoms with Crippen molar-refractivity contribution in [1.29, 1.82) is 0 Å². The number of para-hydroxylation sites is 1. The highest BCUT2D eigenvalue weighted by Gasteiger charge is 2.34. The molecule has 0 spiro atoms. The van der Waals surface area contributed by atoms with E-state index in [0.29, 0.717) is 5.75 Å². The molecule has 0 N–H and O–H groups in total. The van der Waals surface area contributed by atoms with Gasteiger partial charge in [0.15, 0.2) is 6.61 Å². The number of halogens is 3. The normalized spacial score (nSPS) is 11.4. The zero-order valence-electron chi connectivity index (χ0n) is 17.3. The van der Waals surface area contributed by atoms with Crippen LogP contribution in [0.1, 0.15) is 18.1 Å². The highest BCUT2D eigenvalue weighted by atomic mass is 32.2. The van der Waals surface area contributed by atoms with Gasteiger partial charge >= 0.3 is 17.8 Å². The third-order valence-electron chi connectivity index (χ3n) is 4.35. The van der Waals surface area contributed by atoms with Crippen molar-refractivity contribution in [2.24, 2.45) is 0 Å². The average molecular weight is 467 g/mol. The molecule has 1 heterocycles. The molecule has 32 heavy (non-hydrogen) atoms. The maximum atomic E-state index is 13.3. The molecule has 0 radical (unpaired) electrons. The van der Waals surface area contributed by atoms with Gasteiger partial charge in [-0.15, -0.1) is 11.8 Å². The first-order valence-electron chi connectivity index (χ1n) is 9.53. The second kappa shape index (κ2) is 9.94. The Morgan fingerprint density at radius 2 is 1.94 bits per heavy atom. The molecule has 1 aromatic heterocycles. The van der Waals surface area contributed by atoms with Crippen LogP contribution in [0.4, 0.5) is 13.2 Å². The number of thioether (sulfide) groups is 1. The molecular weight excluding hydrogens is 447 g/mol. The Bertz CT molecular complexity index is 1160. The smallest absolute Gasteiger partial charge is 0.418 e. The van der Waals surface area contributed by atoms with Gasteiger partial charge in [0.1, 0.15) is 12.1 Å². The van der Waals surface area contributed by atoms with Gasteiger partial charge in [0, 0.05) is 4.90 Å². The van der Waals surface area contributed by atoms with Gasteiger partial charge in [-0.2, -0.15) is 18.3 Å². The van der Waals surface area contributed by atoms with E-state index in [2.05, 4.69) is 5.10 Å².